The Balaban J connectivity index is 1.89. The fourth-order valence-corrected chi connectivity index (χ4v) is 2.83. The fourth-order valence-electron chi connectivity index (χ4n) is 2.83. The van der Waals surface area contributed by atoms with Crippen molar-refractivity contribution in [2.24, 2.45) is 0 Å². The maximum atomic E-state index is 14.5. The molecule has 2 heterocycles. The van der Waals surface area contributed by atoms with Gasteiger partial charge in [0.25, 0.3) is 11.7 Å². The van der Waals surface area contributed by atoms with Gasteiger partial charge in [-0.05, 0) is 6.07 Å². The van der Waals surface area contributed by atoms with Crippen LogP contribution in [0.4, 0.5) is 20.2 Å². The first-order valence-corrected chi connectivity index (χ1v) is 6.98. The number of aliphatic hydroxyl groups excluding tert-OH is 1. The molecule has 2 N–H and O–H groups in total. The number of nitrogens with zero attached hydrogens (tertiary/aromatic N) is 2. The Morgan fingerprint density at radius 2 is 1.86 bits per heavy atom. The molecule has 0 radical (unpaired) electrons. The van der Waals surface area contributed by atoms with Crippen molar-refractivity contribution in [1.29, 1.82) is 0 Å². The van der Waals surface area contributed by atoms with E-state index >= 15 is 0 Å². The second-order valence-corrected chi connectivity index (χ2v) is 5.28. The molecule has 1 amide bonds. The van der Waals surface area contributed by atoms with Crippen LogP contribution in [0, 0.1) is 11.6 Å². The van der Waals surface area contributed by atoms with E-state index in [4.69, 9.17) is 5.11 Å². The number of nitrogens with one attached hydrogen (secondary N) is 1. The van der Waals surface area contributed by atoms with Crippen molar-refractivity contribution in [2.45, 2.75) is 0 Å². The van der Waals surface area contributed by atoms with Crippen molar-refractivity contribution in [1.82, 2.24) is 4.90 Å². The summed E-state index contributed by atoms with van der Waals surface area (Å²) in [6, 6.07) is 0.911. The topological polar surface area (TPSA) is 72.9 Å². The molecular formula is C14H15F2N3O3. The summed E-state index contributed by atoms with van der Waals surface area (Å²) in [5.74, 6) is -3.63. The first kappa shape index (κ1) is 14.9. The third-order valence-electron chi connectivity index (χ3n) is 3.99. The summed E-state index contributed by atoms with van der Waals surface area (Å²) in [5.41, 5.74) is -0.732. The Bertz CT molecular complexity index is 643. The molecule has 22 heavy (non-hydrogen) atoms. The quantitative estimate of drug-likeness (QED) is 0.781. The molecule has 2 aliphatic rings. The number of benzene rings is 1. The van der Waals surface area contributed by atoms with Crippen LogP contribution in [0.3, 0.4) is 0 Å². The molecule has 2 aliphatic heterocycles. The smallest absolute Gasteiger partial charge is 0.296 e. The van der Waals surface area contributed by atoms with Crippen LogP contribution in [0.2, 0.25) is 0 Å². The molecule has 0 saturated carbocycles. The monoisotopic (exact) mass is 311 g/mol. The number of ketones is 1. The molecule has 0 spiro atoms. The summed E-state index contributed by atoms with van der Waals surface area (Å²) in [6.07, 6.45) is 0. The minimum absolute atomic E-state index is 0.0374. The van der Waals surface area contributed by atoms with E-state index in [0.717, 1.165) is 6.07 Å². The molecule has 1 fully saturated rings. The number of β-amino-alcohol motifs (C(OH)–C–C–N with tert-alkyl or cyclic N) is 1. The van der Waals surface area contributed by atoms with Gasteiger partial charge in [-0.1, -0.05) is 0 Å². The van der Waals surface area contributed by atoms with Crippen LogP contribution in [-0.4, -0.2) is 61.0 Å². The second-order valence-electron chi connectivity index (χ2n) is 5.28. The lowest BCUT2D eigenvalue weighted by atomic mass is 10.1. The molecule has 0 bridgehead atoms. The lowest BCUT2D eigenvalue weighted by molar-refractivity contribution is -0.112. The molecule has 0 aromatic heterocycles. The number of anilines is 2. The van der Waals surface area contributed by atoms with Gasteiger partial charge in [0.2, 0.25) is 0 Å². The molecule has 0 unspecified atom stereocenters. The molecular weight excluding hydrogens is 296 g/mol. The SMILES string of the molecule is O=C1Nc2c(cc(F)c(N3CCN(CCO)CC3)c2F)C1=O. The number of carbonyl (C=O) groups excluding carboxylic acids is 2. The van der Waals surface area contributed by atoms with Crippen molar-refractivity contribution < 1.29 is 23.5 Å². The van der Waals surface area contributed by atoms with E-state index in [1.165, 1.54) is 0 Å². The second kappa shape index (κ2) is 5.62. The van der Waals surface area contributed by atoms with Crippen LogP contribution in [-0.2, 0) is 4.79 Å². The van der Waals surface area contributed by atoms with Crippen LogP contribution < -0.4 is 10.2 Å². The highest BCUT2D eigenvalue weighted by Crippen LogP contribution is 2.35. The molecule has 0 aliphatic carbocycles. The van der Waals surface area contributed by atoms with Gasteiger partial charge in [-0.3, -0.25) is 14.5 Å². The Kier molecular flexibility index (Phi) is 3.79. The van der Waals surface area contributed by atoms with Gasteiger partial charge in [-0.25, -0.2) is 8.78 Å². The Labute approximate surface area is 125 Å². The largest absolute Gasteiger partial charge is 0.395 e. The fraction of sp³-hybridized carbons (Fsp3) is 0.429. The van der Waals surface area contributed by atoms with Crippen molar-refractivity contribution in [3.63, 3.8) is 0 Å². The first-order chi connectivity index (χ1) is 10.5. The van der Waals surface area contributed by atoms with Crippen molar-refractivity contribution in [2.75, 3.05) is 49.5 Å². The van der Waals surface area contributed by atoms with Crippen molar-refractivity contribution >= 4 is 23.1 Å². The summed E-state index contributed by atoms with van der Waals surface area (Å²) in [6.45, 7) is 2.50. The zero-order valence-corrected chi connectivity index (χ0v) is 11.7. The Hall–Kier alpha value is -2.06. The first-order valence-electron chi connectivity index (χ1n) is 6.98. The summed E-state index contributed by atoms with van der Waals surface area (Å²) < 4.78 is 28.7. The van der Waals surface area contributed by atoms with E-state index < -0.39 is 23.3 Å². The Morgan fingerprint density at radius 3 is 2.50 bits per heavy atom. The van der Waals surface area contributed by atoms with E-state index in [0.29, 0.717) is 32.7 Å². The highest BCUT2D eigenvalue weighted by atomic mass is 19.1. The number of hydrogen-bond donors (Lipinski definition) is 2. The van der Waals surface area contributed by atoms with Crippen LogP contribution >= 0.6 is 0 Å². The summed E-state index contributed by atoms with van der Waals surface area (Å²) >= 11 is 0. The van der Waals surface area contributed by atoms with Gasteiger partial charge in [0.05, 0.1) is 17.9 Å². The Morgan fingerprint density at radius 1 is 1.18 bits per heavy atom. The van der Waals surface area contributed by atoms with E-state index in [2.05, 4.69) is 5.32 Å². The summed E-state index contributed by atoms with van der Waals surface area (Å²) in [5, 5.41) is 11.0. The molecule has 1 saturated heterocycles. The van der Waals surface area contributed by atoms with Crippen LogP contribution in [0.1, 0.15) is 10.4 Å². The lowest BCUT2D eigenvalue weighted by Crippen LogP contribution is -2.47. The van der Waals surface area contributed by atoms with E-state index in [1.54, 1.807) is 4.90 Å². The van der Waals surface area contributed by atoms with E-state index in [9.17, 15) is 18.4 Å². The van der Waals surface area contributed by atoms with Crippen molar-refractivity contribution in [3.05, 3.63) is 23.3 Å². The van der Waals surface area contributed by atoms with Crippen LogP contribution in [0.5, 0.6) is 0 Å². The minimum atomic E-state index is -0.946. The number of piperazine rings is 1. The predicted molar refractivity (Wildman–Crippen MR) is 75.1 cm³/mol. The molecule has 1 aromatic rings. The third kappa shape index (κ3) is 2.34. The number of amides is 1. The van der Waals surface area contributed by atoms with Crippen LogP contribution in [0.15, 0.2) is 6.07 Å². The van der Waals surface area contributed by atoms with Crippen molar-refractivity contribution in [3.8, 4) is 0 Å². The highest BCUT2D eigenvalue weighted by molar-refractivity contribution is 6.51. The lowest BCUT2D eigenvalue weighted by Gasteiger charge is -2.36. The number of Topliss-reactive ketones (excluding diaryl/α,β-unsaturated/α-hetero) is 1. The van der Waals surface area contributed by atoms with Gasteiger partial charge < -0.3 is 15.3 Å². The standard InChI is InChI=1S/C14H15F2N3O3/c15-9-7-8-11(17-14(22)13(8)21)10(16)12(9)19-3-1-18(2-4-19)5-6-20/h7,20H,1-6H2,(H,17,21,22). The number of hydrogen-bond acceptors (Lipinski definition) is 5. The molecule has 6 nitrogen and oxygen atoms in total. The maximum Gasteiger partial charge on any atom is 0.296 e. The predicted octanol–water partition coefficient (Wildman–Crippen LogP) is 0.214. The van der Waals surface area contributed by atoms with Crippen LogP contribution in [0.25, 0.3) is 0 Å². The highest BCUT2D eigenvalue weighted by Gasteiger charge is 2.35. The number of halogens is 2. The third-order valence-corrected chi connectivity index (χ3v) is 3.99. The molecule has 8 heteroatoms. The number of aliphatic hydroxyl groups is 1. The normalized spacial score (nSPS) is 18.6. The van der Waals surface area contributed by atoms with E-state index in [1.807, 2.05) is 4.90 Å². The van der Waals surface area contributed by atoms with Gasteiger partial charge >= 0.3 is 0 Å². The van der Waals surface area contributed by atoms with Gasteiger partial charge in [0, 0.05) is 32.7 Å². The maximum absolute atomic E-state index is 14.5. The zero-order valence-electron chi connectivity index (χ0n) is 11.7. The number of rotatable bonds is 3. The molecule has 3 rings (SSSR count). The summed E-state index contributed by atoms with van der Waals surface area (Å²) in [7, 11) is 0. The summed E-state index contributed by atoms with van der Waals surface area (Å²) in [4.78, 5) is 26.4. The average Bonchev–Trinajstić information content (AvgIpc) is 2.78. The number of fused-ring (bicyclic) bond motifs is 1. The van der Waals surface area contributed by atoms with E-state index in [-0.39, 0.29) is 23.5 Å². The van der Waals surface area contributed by atoms with Gasteiger partial charge in [0.15, 0.2) is 5.82 Å². The molecule has 0 atom stereocenters. The van der Waals surface area contributed by atoms with Gasteiger partial charge in [-0.2, -0.15) is 0 Å². The zero-order chi connectivity index (χ0) is 15.9. The van der Waals surface area contributed by atoms with Gasteiger partial charge in [-0.15, -0.1) is 0 Å². The average molecular weight is 311 g/mol. The minimum Gasteiger partial charge on any atom is -0.395 e. The molecule has 118 valence electrons. The van der Waals surface area contributed by atoms with Gasteiger partial charge in [0.1, 0.15) is 11.5 Å². The molecule has 1 aromatic carbocycles. The number of carbonyl (C=O) groups is 2.